The number of hydrogen-bond donors (Lipinski definition) is 3. The first-order valence-corrected chi connectivity index (χ1v) is 7.83. The van der Waals surface area contributed by atoms with Crippen molar-refractivity contribution in [3.05, 3.63) is 11.2 Å². The number of carboxylic acid groups (broad SMARTS) is 1. The van der Waals surface area contributed by atoms with E-state index < -0.39 is 27.1 Å². The van der Waals surface area contributed by atoms with Gasteiger partial charge in [-0.2, -0.15) is 0 Å². The monoisotopic (exact) mass is 308 g/mol. The van der Waals surface area contributed by atoms with E-state index >= 15 is 0 Å². The van der Waals surface area contributed by atoms with Gasteiger partial charge < -0.3 is 10.2 Å². The van der Waals surface area contributed by atoms with Gasteiger partial charge in [0, 0.05) is 13.2 Å². The highest BCUT2D eigenvalue weighted by atomic mass is 32.2. The molecule has 0 aliphatic rings. The molecule has 0 fully saturated rings. The van der Waals surface area contributed by atoms with Gasteiger partial charge in [0.2, 0.25) is 0 Å². The van der Waals surface area contributed by atoms with Gasteiger partial charge in [-0.25, -0.2) is 22.9 Å². The van der Waals surface area contributed by atoms with Crippen molar-refractivity contribution < 1.29 is 23.4 Å². The summed E-state index contributed by atoms with van der Waals surface area (Å²) in [6.45, 7) is 3.66. The number of hydrogen-bond acceptors (Lipinski definition) is 6. The Bertz CT molecular complexity index is 550. The van der Waals surface area contributed by atoms with E-state index in [2.05, 4.69) is 9.71 Å². The molecule has 0 amide bonds. The maximum atomic E-state index is 12.0. The van der Waals surface area contributed by atoms with Crippen molar-refractivity contribution >= 4 is 27.3 Å². The molecule has 0 spiro atoms. The number of nitrogens with one attached hydrogen (secondary N) is 1. The van der Waals surface area contributed by atoms with Crippen molar-refractivity contribution in [3.8, 4) is 0 Å². The van der Waals surface area contributed by atoms with Crippen molar-refractivity contribution in [3.63, 3.8) is 0 Å². The zero-order valence-corrected chi connectivity index (χ0v) is 12.2. The van der Waals surface area contributed by atoms with Crippen molar-refractivity contribution in [2.75, 3.05) is 13.2 Å². The standard InChI is InChI=1S/C10H16N2O5S2/c1-10(2,3-4-13)5-12-19(16,17)9-7(8(14)15)11-6-18-9/h6,12-13H,3-5H2,1-2H3,(H,14,15). The Morgan fingerprint density at radius 2 is 2.16 bits per heavy atom. The lowest BCUT2D eigenvalue weighted by Crippen LogP contribution is -2.34. The van der Waals surface area contributed by atoms with Gasteiger partial charge in [-0.1, -0.05) is 13.8 Å². The summed E-state index contributed by atoms with van der Waals surface area (Å²) in [6.07, 6.45) is 0.435. The summed E-state index contributed by atoms with van der Waals surface area (Å²) in [7, 11) is -3.90. The second-order valence-corrected chi connectivity index (χ2v) is 7.57. The molecule has 0 bridgehead atoms. The van der Waals surface area contributed by atoms with Crippen molar-refractivity contribution in [1.82, 2.24) is 9.71 Å². The van der Waals surface area contributed by atoms with E-state index in [1.165, 1.54) is 5.51 Å². The average Bonchev–Trinajstić information content (AvgIpc) is 2.76. The van der Waals surface area contributed by atoms with Crippen molar-refractivity contribution in [2.45, 2.75) is 24.5 Å². The molecule has 0 unspecified atom stereocenters. The highest BCUT2D eigenvalue weighted by molar-refractivity contribution is 7.91. The Kier molecular flexibility index (Phi) is 5.02. The van der Waals surface area contributed by atoms with Gasteiger partial charge >= 0.3 is 5.97 Å². The van der Waals surface area contributed by atoms with Crippen LogP contribution >= 0.6 is 11.3 Å². The third-order valence-electron chi connectivity index (χ3n) is 2.51. The molecule has 0 aliphatic carbocycles. The molecule has 0 saturated heterocycles. The van der Waals surface area contributed by atoms with Gasteiger partial charge in [-0.3, -0.25) is 0 Å². The maximum Gasteiger partial charge on any atom is 0.356 e. The number of rotatable bonds is 7. The molecule has 9 heteroatoms. The topological polar surface area (TPSA) is 117 Å². The Balaban J connectivity index is 2.88. The molecule has 7 nitrogen and oxygen atoms in total. The van der Waals surface area contributed by atoms with E-state index in [1.54, 1.807) is 13.8 Å². The van der Waals surface area contributed by atoms with Gasteiger partial charge in [-0.05, 0) is 11.8 Å². The number of carbonyl (C=O) groups is 1. The number of thiazole rings is 1. The van der Waals surface area contributed by atoms with Crippen LogP contribution < -0.4 is 4.72 Å². The second-order valence-electron chi connectivity index (χ2n) is 4.76. The molecular formula is C10H16N2O5S2. The summed E-state index contributed by atoms with van der Waals surface area (Å²) in [4.78, 5) is 14.4. The number of sulfonamides is 1. The summed E-state index contributed by atoms with van der Waals surface area (Å²) in [5, 5.41) is 17.7. The van der Waals surface area contributed by atoms with Crippen LogP contribution in [0.4, 0.5) is 0 Å². The van der Waals surface area contributed by atoms with E-state index in [0.29, 0.717) is 6.42 Å². The molecule has 1 aromatic rings. The third-order valence-corrected chi connectivity index (χ3v) is 5.28. The minimum absolute atomic E-state index is 0.0460. The van der Waals surface area contributed by atoms with Gasteiger partial charge in [0.05, 0.1) is 5.51 Å². The summed E-state index contributed by atoms with van der Waals surface area (Å²) in [6, 6.07) is 0. The highest BCUT2D eigenvalue weighted by Gasteiger charge is 2.28. The van der Waals surface area contributed by atoms with Crippen LogP contribution in [0.25, 0.3) is 0 Å². The number of aliphatic hydroxyl groups is 1. The molecule has 0 aliphatic heterocycles. The third kappa shape index (κ3) is 4.23. The molecule has 19 heavy (non-hydrogen) atoms. The number of carboxylic acids is 1. The van der Waals surface area contributed by atoms with E-state index in [9.17, 15) is 13.2 Å². The van der Waals surface area contributed by atoms with Gasteiger partial charge in [0.15, 0.2) is 9.90 Å². The predicted molar refractivity (Wildman–Crippen MR) is 69.7 cm³/mol. The first-order valence-electron chi connectivity index (χ1n) is 5.47. The first-order chi connectivity index (χ1) is 8.69. The fraction of sp³-hybridized carbons (Fsp3) is 0.600. The van der Waals surface area contributed by atoms with Crippen LogP contribution in [0.1, 0.15) is 30.8 Å². The Labute approximate surface area is 115 Å². The van der Waals surface area contributed by atoms with Crippen LogP contribution in [-0.4, -0.2) is 42.7 Å². The summed E-state index contributed by atoms with van der Waals surface area (Å²) in [5.74, 6) is -1.38. The number of nitrogens with zero attached hydrogens (tertiary/aromatic N) is 1. The summed E-state index contributed by atoms with van der Waals surface area (Å²) in [5.41, 5.74) is 0.282. The second kappa shape index (κ2) is 5.95. The molecule has 0 saturated carbocycles. The molecule has 0 aromatic carbocycles. The number of aromatic carboxylic acids is 1. The minimum Gasteiger partial charge on any atom is -0.476 e. The van der Waals surface area contributed by atoms with E-state index in [-0.39, 0.29) is 17.4 Å². The van der Waals surface area contributed by atoms with Crippen LogP contribution in [0.5, 0.6) is 0 Å². The SMILES string of the molecule is CC(C)(CCO)CNS(=O)(=O)c1scnc1C(=O)O. The van der Waals surface area contributed by atoms with Gasteiger partial charge in [0.25, 0.3) is 10.0 Å². The highest BCUT2D eigenvalue weighted by Crippen LogP contribution is 2.23. The van der Waals surface area contributed by atoms with Crippen molar-refractivity contribution in [1.29, 1.82) is 0 Å². The largest absolute Gasteiger partial charge is 0.476 e. The molecular weight excluding hydrogens is 292 g/mol. The fourth-order valence-electron chi connectivity index (χ4n) is 1.32. The zero-order chi connectivity index (χ0) is 14.7. The lowest BCUT2D eigenvalue weighted by Gasteiger charge is -2.23. The lowest BCUT2D eigenvalue weighted by atomic mass is 9.90. The smallest absolute Gasteiger partial charge is 0.356 e. The average molecular weight is 308 g/mol. The van der Waals surface area contributed by atoms with E-state index in [4.69, 9.17) is 10.2 Å². The quantitative estimate of drug-likeness (QED) is 0.676. The zero-order valence-electron chi connectivity index (χ0n) is 10.6. The Hall–Kier alpha value is -1.03. The molecule has 0 atom stereocenters. The number of aliphatic hydroxyl groups excluding tert-OH is 1. The lowest BCUT2D eigenvalue weighted by molar-refractivity contribution is 0.0687. The predicted octanol–water partition coefficient (Wildman–Crippen LogP) is 0.528. The van der Waals surface area contributed by atoms with Crippen molar-refractivity contribution in [2.24, 2.45) is 5.41 Å². The van der Waals surface area contributed by atoms with Crippen LogP contribution in [0.3, 0.4) is 0 Å². The normalized spacial score (nSPS) is 12.6. The van der Waals surface area contributed by atoms with Crippen LogP contribution in [-0.2, 0) is 10.0 Å². The molecule has 108 valence electrons. The van der Waals surface area contributed by atoms with E-state index in [1.807, 2.05) is 0 Å². The fourth-order valence-corrected chi connectivity index (χ4v) is 3.74. The first kappa shape index (κ1) is 16.0. The van der Waals surface area contributed by atoms with Gasteiger partial charge in [0.1, 0.15) is 0 Å². The van der Waals surface area contributed by atoms with Crippen LogP contribution in [0.2, 0.25) is 0 Å². The maximum absolute atomic E-state index is 12.0. The summed E-state index contributed by atoms with van der Waals surface area (Å²) >= 11 is 0.757. The minimum atomic E-state index is -3.90. The molecule has 1 aromatic heterocycles. The Morgan fingerprint density at radius 1 is 1.53 bits per heavy atom. The van der Waals surface area contributed by atoms with Crippen LogP contribution in [0, 0.1) is 5.41 Å². The summed E-state index contributed by atoms with van der Waals surface area (Å²) < 4.78 is 26.1. The van der Waals surface area contributed by atoms with E-state index in [0.717, 1.165) is 11.3 Å². The molecule has 3 N–H and O–H groups in total. The Morgan fingerprint density at radius 3 is 2.68 bits per heavy atom. The number of aromatic nitrogens is 1. The molecule has 1 rings (SSSR count). The molecule has 1 heterocycles. The molecule has 0 radical (unpaired) electrons. The van der Waals surface area contributed by atoms with Crippen LogP contribution in [0.15, 0.2) is 9.72 Å². The van der Waals surface area contributed by atoms with Gasteiger partial charge in [-0.15, -0.1) is 11.3 Å².